The van der Waals surface area contributed by atoms with E-state index in [-0.39, 0.29) is 11.4 Å². The van der Waals surface area contributed by atoms with Crippen LogP contribution in [0.5, 0.6) is 0 Å². The molecule has 20 heavy (non-hydrogen) atoms. The van der Waals surface area contributed by atoms with Crippen LogP contribution in [0.15, 0.2) is 12.4 Å². The quantitative estimate of drug-likeness (QED) is 0.861. The molecule has 0 saturated heterocycles. The fraction of sp³-hybridized carbons (Fsp3) is 0.733. The Bertz CT molecular complexity index is 457. The predicted molar refractivity (Wildman–Crippen MR) is 79.2 cm³/mol. The summed E-state index contributed by atoms with van der Waals surface area (Å²) in [5.41, 5.74) is 0.0599. The maximum atomic E-state index is 12.4. The number of carbonyl (C=O) groups is 1. The molecular formula is C15H26N4O. The van der Waals surface area contributed by atoms with Crippen LogP contribution in [0, 0.1) is 0 Å². The summed E-state index contributed by atoms with van der Waals surface area (Å²) in [6, 6.07) is 0.425. The van der Waals surface area contributed by atoms with Crippen molar-refractivity contribution in [2.45, 2.75) is 58.2 Å². The Morgan fingerprint density at radius 2 is 2.20 bits per heavy atom. The molecule has 1 aliphatic rings. The lowest BCUT2D eigenvalue weighted by Gasteiger charge is -2.24. The van der Waals surface area contributed by atoms with Gasteiger partial charge in [-0.3, -0.25) is 4.79 Å². The lowest BCUT2D eigenvalue weighted by Crippen LogP contribution is -2.40. The summed E-state index contributed by atoms with van der Waals surface area (Å²) >= 11 is 0. The van der Waals surface area contributed by atoms with Gasteiger partial charge in [0.1, 0.15) is 5.82 Å². The van der Waals surface area contributed by atoms with Crippen LogP contribution in [0.2, 0.25) is 0 Å². The molecule has 0 bridgehead atoms. The Labute approximate surface area is 121 Å². The first-order chi connectivity index (χ1) is 9.37. The highest BCUT2D eigenvalue weighted by Gasteiger charge is 2.32. The molecule has 5 nitrogen and oxygen atoms in total. The fourth-order valence-electron chi connectivity index (χ4n) is 2.20. The molecule has 2 rings (SSSR count). The molecule has 1 aromatic rings. The third-order valence-corrected chi connectivity index (χ3v) is 3.53. The van der Waals surface area contributed by atoms with Crippen LogP contribution in [-0.4, -0.2) is 38.5 Å². The van der Waals surface area contributed by atoms with E-state index < -0.39 is 0 Å². The molecule has 112 valence electrons. The van der Waals surface area contributed by atoms with Crippen LogP contribution in [0.3, 0.4) is 0 Å². The second-order valence-electron chi connectivity index (χ2n) is 6.63. The van der Waals surface area contributed by atoms with Gasteiger partial charge in [-0.2, -0.15) is 0 Å². The molecule has 0 aromatic carbocycles. The summed E-state index contributed by atoms with van der Waals surface area (Å²) in [4.78, 5) is 18.7. The molecule has 0 unspecified atom stereocenters. The van der Waals surface area contributed by atoms with Crippen LogP contribution >= 0.6 is 0 Å². The van der Waals surface area contributed by atoms with E-state index in [0.717, 1.165) is 25.2 Å². The van der Waals surface area contributed by atoms with Gasteiger partial charge in [0.2, 0.25) is 5.91 Å². The smallest absolute Gasteiger partial charge is 0.224 e. The van der Waals surface area contributed by atoms with Crippen LogP contribution in [-0.2, 0) is 18.4 Å². The minimum atomic E-state index is 0.0599. The van der Waals surface area contributed by atoms with Gasteiger partial charge in [0, 0.05) is 44.0 Å². The van der Waals surface area contributed by atoms with Gasteiger partial charge in [0.25, 0.3) is 0 Å². The monoisotopic (exact) mass is 278 g/mol. The molecule has 1 aliphatic carbocycles. The maximum absolute atomic E-state index is 12.4. The molecule has 0 spiro atoms. The van der Waals surface area contributed by atoms with Gasteiger partial charge in [-0.1, -0.05) is 0 Å². The Morgan fingerprint density at radius 1 is 1.50 bits per heavy atom. The minimum absolute atomic E-state index is 0.0599. The van der Waals surface area contributed by atoms with E-state index in [1.165, 1.54) is 0 Å². The van der Waals surface area contributed by atoms with Gasteiger partial charge in [-0.05, 0) is 33.6 Å². The van der Waals surface area contributed by atoms with E-state index in [0.29, 0.717) is 19.0 Å². The lowest BCUT2D eigenvalue weighted by molar-refractivity contribution is -0.132. The van der Waals surface area contributed by atoms with Crippen molar-refractivity contribution >= 4 is 5.91 Å². The van der Waals surface area contributed by atoms with E-state index in [1.54, 1.807) is 6.20 Å². The van der Waals surface area contributed by atoms with Gasteiger partial charge < -0.3 is 14.8 Å². The van der Waals surface area contributed by atoms with E-state index in [4.69, 9.17) is 0 Å². The molecule has 0 radical (unpaired) electrons. The Hall–Kier alpha value is -1.36. The molecule has 1 N–H and O–H groups in total. The van der Waals surface area contributed by atoms with Crippen molar-refractivity contribution in [3.8, 4) is 0 Å². The number of imidazole rings is 1. The average Bonchev–Trinajstić information content (AvgIpc) is 3.09. The third kappa shape index (κ3) is 4.34. The van der Waals surface area contributed by atoms with E-state index >= 15 is 0 Å². The van der Waals surface area contributed by atoms with Gasteiger partial charge in [0.05, 0.1) is 6.54 Å². The first-order valence-corrected chi connectivity index (χ1v) is 7.37. The number of aromatic nitrogens is 2. The molecule has 1 heterocycles. The zero-order valence-electron chi connectivity index (χ0n) is 13.0. The second kappa shape index (κ2) is 5.95. The SMILES string of the molecule is Cn1ccnc1CN(C(=O)CCNC(C)(C)C)C1CC1. The number of carbonyl (C=O) groups excluding carboxylic acids is 1. The van der Waals surface area contributed by atoms with Crippen molar-refractivity contribution in [1.82, 2.24) is 19.8 Å². The van der Waals surface area contributed by atoms with Gasteiger partial charge in [-0.15, -0.1) is 0 Å². The van der Waals surface area contributed by atoms with Gasteiger partial charge >= 0.3 is 0 Å². The van der Waals surface area contributed by atoms with Gasteiger partial charge in [0.15, 0.2) is 0 Å². The standard InChI is InChI=1S/C15H26N4O/c1-15(2,3)17-8-7-14(20)19(12-5-6-12)11-13-16-9-10-18(13)4/h9-10,12,17H,5-8,11H2,1-4H3. The highest BCUT2D eigenvalue weighted by molar-refractivity contribution is 5.77. The second-order valence-corrected chi connectivity index (χ2v) is 6.63. The van der Waals surface area contributed by atoms with E-state index in [1.807, 2.05) is 22.7 Å². The summed E-state index contributed by atoms with van der Waals surface area (Å²) in [5.74, 6) is 1.18. The van der Waals surface area contributed by atoms with Crippen LogP contribution < -0.4 is 5.32 Å². The molecule has 1 fully saturated rings. The molecular weight excluding hydrogens is 252 g/mol. The van der Waals surface area contributed by atoms with Crippen molar-refractivity contribution in [3.05, 3.63) is 18.2 Å². The molecule has 0 atom stereocenters. The predicted octanol–water partition coefficient (Wildman–Crippen LogP) is 1.69. The summed E-state index contributed by atoms with van der Waals surface area (Å²) in [5, 5.41) is 3.37. The number of amides is 1. The lowest BCUT2D eigenvalue weighted by atomic mass is 10.1. The Balaban J connectivity index is 1.88. The fourth-order valence-corrected chi connectivity index (χ4v) is 2.20. The Kier molecular flexibility index (Phi) is 4.48. The summed E-state index contributed by atoms with van der Waals surface area (Å²) in [7, 11) is 1.97. The van der Waals surface area contributed by atoms with E-state index in [9.17, 15) is 4.79 Å². The van der Waals surface area contributed by atoms with Gasteiger partial charge in [-0.25, -0.2) is 4.98 Å². The average molecular weight is 278 g/mol. The van der Waals surface area contributed by atoms with Crippen molar-refractivity contribution < 1.29 is 4.79 Å². The summed E-state index contributed by atoms with van der Waals surface area (Å²) < 4.78 is 1.98. The largest absolute Gasteiger partial charge is 0.337 e. The van der Waals surface area contributed by atoms with E-state index in [2.05, 4.69) is 31.1 Å². The number of nitrogens with one attached hydrogen (secondary N) is 1. The normalized spacial score (nSPS) is 15.4. The number of aryl methyl sites for hydroxylation is 1. The minimum Gasteiger partial charge on any atom is -0.337 e. The molecule has 5 heteroatoms. The number of hydrogen-bond acceptors (Lipinski definition) is 3. The van der Waals surface area contributed by atoms with Crippen LogP contribution in [0.25, 0.3) is 0 Å². The highest BCUT2D eigenvalue weighted by Crippen LogP contribution is 2.28. The Morgan fingerprint density at radius 3 is 2.70 bits per heavy atom. The zero-order valence-corrected chi connectivity index (χ0v) is 13.0. The van der Waals surface area contributed by atoms with Crippen LogP contribution in [0.1, 0.15) is 45.9 Å². The summed E-state index contributed by atoms with van der Waals surface area (Å²) in [6.45, 7) is 7.70. The number of hydrogen-bond donors (Lipinski definition) is 1. The topological polar surface area (TPSA) is 50.2 Å². The molecule has 1 aromatic heterocycles. The van der Waals surface area contributed by atoms with Crippen molar-refractivity contribution in [3.63, 3.8) is 0 Å². The maximum Gasteiger partial charge on any atom is 0.224 e. The highest BCUT2D eigenvalue weighted by atomic mass is 16.2. The first-order valence-electron chi connectivity index (χ1n) is 7.37. The third-order valence-electron chi connectivity index (χ3n) is 3.53. The van der Waals surface area contributed by atoms with Crippen molar-refractivity contribution in [2.24, 2.45) is 7.05 Å². The summed E-state index contributed by atoms with van der Waals surface area (Å²) in [6.07, 6.45) is 6.52. The van der Waals surface area contributed by atoms with Crippen LogP contribution in [0.4, 0.5) is 0 Å². The number of rotatable bonds is 6. The molecule has 1 saturated carbocycles. The zero-order chi connectivity index (χ0) is 14.8. The number of nitrogens with zero attached hydrogens (tertiary/aromatic N) is 3. The molecule has 0 aliphatic heterocycles. The van der Waals surface area contributed by atoms with Crippen molar-refractivity contribution in [2.75, 3.05) is 6.54 Å². The first kappa shape index (κ1) is 15.0. The molecule has 1 amide bonds. The van der Waals surface area contributed by atoms with Crippen molar-refractivity contribution in [1.29, 1.82) is 0 Å².